The van der Waals surface area contributed by atoms with Crippen LogP contribution < -0.4 is 14.7 Å². The Morgan fingerprint density at radius 3 is 1.72 bits per heavy atom. The van der Waals surface area contributed by atoms with Crippen molar-refractivity contribution in [1.29, 1.82) is 0 Å². The van der Waals surface area contributed by atoms with Crippen molar-refractivity contribution in [3.63, 3.8) is 0 Å². The summed E-state index contributed by atoms with van der Waals surface area (Å²) >= 11 is 0. The minimum absolute atomic E-state index is 0.0251. The molecule has 4 atom stereocenters. The molecule has 6 heteroatoms. The van der Waals surface area contributed by atoms with Gasteiger partial charge in [-0.25, -0.2) is 0 Å². The van der Waals surface area contributed by atoms with Gasteiger partial charge in [-0.15, -0.1) is 0 Å². The van der Waals surface area contributed by atoms with E-state index in [0.717, 1.165) is 90.7 Å². The predicted molar refractivity (Wildman–Crippen MR) is 399 cm³/mol. The quantitative estimate of drug-likeness (QED) is 0.136. The van der Waals surface area contributed by atoms with Gasteiger partial charge in [0.05, 0.1) is 62.8 Å². The minimum atomic E-state index is -0.104. The van der Waals surface area contributed by atoms with Gasteiger partial charge in [-0.2, -0.15) is 0 Å². The largest absolute Gasteiger partial charge is 0.454 e. The highest BCUT2D eigenvalue weighted by Gasteiger charge is 2.52. The van der Waals surface area contributed by atoms with Crippen LogP contribution in [-0.2, 0) is 0 Å². The molecule has 12 aromatic carbocycles. The molecule has 16 aromatic rings. The van der Waals surface area contributed by atoms with Crippen molar-refractivity contribution in [3.05, 3.63) is 343 Å². The third kappa shape index (κ3) is 7.46. The molecule has 21 rings (SSSR count). The molecule has 6 nitrogen and oxygen atoms in total. The first-order valence-electron chi connectivity index (χ1n) is 33.7. The van der Waals surface area contributed by atoms with Gasteiger partial charge in [0, 0.05) is 77.3 Å². The van der Waals surface area contributed by atoms with E-state index in [4.69, 9.17) is 8.83 Å². The van der Waals surface area contributed by atoms with Gasteiger partial charge < -0.3 is 27.9 Å². The van der Waals surface area contributed by atoms with E-state index in [9.17, 15) is 0 Å². The molecule has 3 aliphatic carbocycles. The van der Waals surface area contributed by atoms with E-state index in [-0.39, 0.29) is 23.9 Å². The van der Waals surface area contributed by atoms with Gasteiger partial charge in [-0.3, -0.25) is 0 Å². The van der Waals surface area contributed by atoms with E-state index in [1.807, 2.05) is 0 Å². The molecule has 0 radical (unpaired) electrons. The molecule has 3 unspecified atom stereocenters. The predicted octanol–water partition coefficient (Wildman–Crippen LogP) is 23.9. The number of fused-ring (bicyclic) bond motifs is 18. The van der Waals surface area contributed by atoms with Crippen LogP contribution in [0.25, 0.3) is 115 Å². The van der Waals surface area contributed by atoms with E-state index < -0.39 is 0 Å². The summed E-state index contributed by atoms with van der Waals surface area (Å²) in [7, 11) is 0. The molecule has 0 fully saturated rings. The summed E-state index contributed by atoms with van der Waals surface area (Å²) in [6.45, 7) is 0. The Kier molecular flexibility index (Phi) is 11.5. The van der Waals surface area contributed by atoms with Crippen molar-refractivity contribution in [1.82, 2.24) is 4.40 Å². The second-order valence-electron chi connectivity index (χ2n) is 26.3. The van der Waals surface area contributed by atoms with Gasteiger partial charge in [0.25, 0.3) is 0 Å². The lowest BCUT2D eigenvalue weighted by atomic mass is 9.79. The number of hydrogen-bond donors (Lipinski definition) is 0. The van der Waals surface area contributed by atoms with E-state index in [1.165, 1.54) is 99.6 Å². The van der Waals surface area contributed by atoms with Crippen LogP contribution in [0, 0.1) is 0 Å². The highest BCUT2D eigenvalue weighted by atomic mass is 16.3. The molecule has 452 valence electrons. The van der Waals surface area contributed by atoms with E-state index in [2.05, 4.69) is 335 Å². The Bertz CT molecular complexity index is 6120. The Hall–Kier alpha value is -12.1. The molecule has 96 heavy (non-hydrogen) atoms. The standard InChI is InChI=1S/C90H60N4O2/c1-5-27-55(28-6-1)59-35-13-17-45-69(59)91(75-51-23-39-63-61-37-15-19-53-77(61)95-89(63)75)71-47-25-49-73-81(71)65-41-21-43-67-83-80(58-33-11-4-12-34-58)88-84(79(57-31-9-3-10-32-57)87(83)93(73)85(65)67)68-44-22-42-66-82-72(48-26-50-74(82)94(88)86(66)68)92(70-46-18-14-36-60(70)56-29-7-2-8-30-56)76-52-24-40-64-62-38-16-20-54-78(62)96-90(64)76/h1-13,15-35,37-54,59,67,69,85H,14,36H2/t59?,67-,69?,85?/m1/s1. The summed E-state index contributed by atoms with van der Waals surface area (Å²) in [5.74, 6) is 0.0137. The fourth-order valence-electron chi connectivity index (χ4n) is 17.7. The minimum Gasteiger partial charge on any atom is -0.454 e. The lowest BCUT2D eigenvalue weighted by molar-refractivity contribution is 0.655. The van der Waals surface area contributed by atoms with Crippen molar-refractivity contribution in [2.24, 2.45) is 0 Å². The molecule has 0 amide bonds. The summed E-state index contributed by atoms with van der Waals surface area (Å²) in [5.41, 5.74) is 27.6. The zero-order valence-electron chi connectivity index (χ0n) is 52.4. The second-order valence-corrected chi connectivity index (χ2v) is 26.3. The van der Waals surface area contributed by atoms with Gasteiger partial charge in [-0.05, 0) is 106 Å². The number of anilines is 6. The maximum atomic E-state index is 7.05. The summed E-state index contributed by atoms with van der Waals surface area (Å²) in [4.78, 5) is 7.91. The molecule has 5 aliphatic rings. The summed E-state index contributed by atoms with van der Waals surface area (Å²) < 4.78 is 16.8. The molecule has 0 bridgehead atoms. The van der Waals surface area contributed by atoms with Crippen molar-refractivity contribution in [2.75, 3.05) is 14.7 Å². The normalized spacial score (nSPS) is 17.8. The maximum absolute atomic E-state index is 7.05. The highest BCUT2D eigenvalue weighted by Crippen LogP contribution is 2.67. The van der Waals surface area contributed by atoms with Crippen LogP contribution in [0.3, 0.4) is 0 Å². The molecule has 0 N–H and O–H groups in total. The third-order valence-electron chi connectivity index (χ3n) is 21.4. The average molecular weight is 1230 g/mol. The Balaban J connectivity index is 0.856. The molecular weight excluding hydrogens is 1170 g/mol. The molecule has 2 aliphatic heterocycles. The van der Waals surface area contributed by atoms with Crippen molar-refractivity contribution >= 4 is 127 Å². The Morgan fingerprint density at radius 2 is 0.979 bits per heavy atom. The molecule has 4 aromatic heterocycles. The van der Waals surface area contributed by atoms with Crippen molar-refractivity contribution < 1.29 is 8.83 Å². The number of allylic oxidation sites excluding steroid dienone is 7. The van der Waals surface area contributed by atoms with E-state index >= 15 is 0 Å². The topological polar surface area (TPSA) is 40.4 Å². The number of hydrogen-bond acceptors (Lipinski definition) is 5. The lowest BCUT2D eigenvalue weighted by Crippen LogP contribution is -2.36. The van der Waals surface area contributed by atoms with Crippen LogP contribution in [-0.4, -0.2) is 16.5 Å². The first-order valence-corrected chi connectivity index (χ1v) is 33.7. The maximum Gasteiger partial charge on any atom is 0.159 e. The molecule has 0 saturated heterocycles. The van der Waals surface area contributed by atoms with Crippen LogP contribution in [0.2, 0.25) is 0 Å². The highest BCUT2D eigenvalue weighted by molar-refractivity contribution is 6.32. The monoisotopic (exact) mass is 1230 g/mol. The molecule has 6 heterocycles. The van der Waals surface area contributed by atoms with Crippen LogP contribution in [0.4, 0.5) is 34.1 Å². The fourth-order valence-corrected chi connectivity index (χ4v) is 17.7. The molecule has 0 saturated carbocycles. The van der Waals surface area contributed by atoms with Gasteiger partial charge >= 0.3 is 0 Å². The number of aromatic nitrogens is 1. The van der Waals surface area contributed by atoms with Gasteiger partial charge in [-0.1, -0.05) is 261 Å². The van der Waals surface area contributed by atoms with Crippen LogP contribution in [0.15, 0.2) is 330 Å². The van der Waals surface area contributed by atoms with Gasteiger partial charge in [0.15, 0.2) is 11.2 Å². The number of furan rings is 2. The zero-order chi connectivity index (χ0) is 62.7. The SMILES string of the molecule is C1=CC(c2ccccc2)C(N(c2cccc3c2C2=CC=C[C@@H]4c5c(c(-c6ccccc6)c6c7cccc8c9c(N(C%10=C(c%11ccccc%11)CCC=C%10)c%10cccc%11c%10oc%10ccccc%10%11)cccc9n(c6c5-c5ccccc5)c87)N3C24)c2cccc3c2oc2ccccc23)C=C1. The number of rotatable bonds is 10. The number of para-hydroxylation sites is 5. The first kappa shape index (κ1) is 53.4. The van der Waals surface area contributed by atoms with E-state index in [1.54, 1.807) is 0 Å². The van der Waals surface area contributed by atoms with Gasteiger partial charge in [0.1, 0.15) is 11.2 Å². The van der Waals surface area contributed by atoms with Crippen molar-refractivity contribution in [3.8, 4) is 22.3 Å². The third-order valence-corrected chi connectivity index (χ3v) is 21.4. The van der Waals surface area contributed by atoms with Crippen LogP contribution in [0.5, 0.6) is 0 Å². The van der Waals surface area contributed by atoms with Gasteiger partial charge in [0.2, 0.25) is 0 Å². The second kappa shape index (κ2) is 20.7. The smallest absolute Gasteiger partial charge is 0.159 e. The fraction of sp³-hybridized carbons (Fsp3) is 0.0667. The first-order chi connectivity index (χ1) is 47.7. The number of nitrogens with zero attached hydrogens (tertiary/aromatic N) is 4. The average Bonchev–Trinajstić information content (AvgIpc) is 1.49. The molecule has 0 spiro atoms. The molecular formula is C90H60N4O2. The summed E-state index contributed by atoms with van der Waals surface area (Å²) in [6, 6.07) is 96.0. The Labute approximate surface area is 554 Å². The summed E-state index contributed by atoms with van der Waals surface area (Å²) in [6.07, 6.45) is 23.1. The zero-order valence-corrected chi connectivity index (χ0v) is 52.4. The van der Waals surface area contributed by atoms with Crippen molar-refractivity contribution in [2.45, 2.75) is 36.8 Å². The lowest BCUT2D eigenvalue weighted by Gasteiger charge is -2.38. The van der Waals surface area contributed by atoms with Crippen LogP contribution >= 0.6 is 0 Å². The summed E-state index contributed by atoms with van der Waals surface area (Å²) in [5, 5.41) is 9.29. The Morgan fingerprint density at radius 1 is 0.417 bits per heavy atom. The van der Waals surface area contributed by atoms with Crippen LogP contribution in [0.1, 0.15) is 46.9 Å². The van der Waals surface area contributed by atoms with E-state index in [0.29, 0.717) is 0 Å². The number of benzene rings is 12.